The minimum atomic E-state index is -0.401. The first-order valence-electron chi connectivity index (χ1n) is 5.95. The molecule has 4 aromatic heterocycles. The Kier molecular flexibility index (Phi) is 2.06. The van der Waals surface area contributed by atoms with Crippen LogP contribution < -0.4 is 5.73 Å². The highest BCUT2D eigenvalue weighted by atomic mass is 19.1. The van der Waals surface area contributed by atoms with Gasteiger partial charge < -0.3 is 10.7 Å². The van der Waals surface area contributed by atoms with Crippen molar-refractivity contribution in [2.45, 2.75) is 0 Å². The number of aromatic nitrogens is 5. The number of anilines is 1. The lowest BCUT2D eigenvalue weighted by atomic mass is 10.1. The molecule has 0 aliphatic carbocycles. The van der Waals surface area contributed by atoms with Gasteiger partial charge >= 0.3 is 0 Å². The molecule has 0 saturated heterocycles. The van der Waals surface area contributed by atoms with E-state index in [1.165, 1.54) is 10.6 Å². The molecule has 0 aliphatic rings. The molecule has 0 saturated carbocycles. The predicted octanol–water partition coefficient (Wildman–Crippen LogP) is 1.99. The highest BCUT2D eigenvalue weighted by Gasteiger charge is 2.10. The van der Waals surface area contributed by atoms with Gasteiger partial charge in [-0.05, 0) is 12.1 Å². The summed E-state index contributed by atoms with van der Waals surface area (Å²) in [6.07, 6.45) is 6.33. The van der Waals surface area contributed by atoms with E-state index in [9.17, 15) is 4.39 Å². The Balaban J connectivity index is 1.98. The first-order chi connectivity index (χ1) is 9.72. The Hall–Kier alpha value is -2.96. The van der Waals surface area contributed by atoms with E-state index in [4.69, 9.17) is 5.73 Å². The van der Waals surface area contributed by atoms with Gasteiger partial charge in [-0.15, -0.1) is 0 Å². The van der Waals surface area contributed by atoms with Crippen molar-refractivity contribution in [3.05, 3.63) is 42.9 Å². The first-order valence-corrected chi connectivity index (χ1v) is 5.95. The van der Waals surface area contributed by atoms with Crippen molar-refractivity contribution >= 4 is 22.6 Å². The third-order valence-corrected chi connectivity index (χ3v) is 3.22. The second-order valence-corrected chi connectivity index (χ2v) is 4.42. The Morgan fingerprint density at radius 1 is 1.20 bits per heavy atom. The average Bonchev–Trinajstić information content (AvgIpc) is 3.02. The zero-order valence-corrected chi connectivity index (χ0v) is 10.2. The largest absolute Gasteiger partial charge is 0.368 e. The van der Waals surface area contributed by atoms with Gasteiger partial charge in [-0.2, -0.15) is 9.37 Å². The van der Waals surface area contributed by atoms with Gasteiger partial charge in [-0.25, -0.2) is 9.97 Å². The number of rotatable bonds is 1. The summed E-state index contributed by atoms with van der Waals surface area (Å²) >= 11 is 0. The normalized spacial score (nSPS) is 11.4. The molecule has 4 aromatic rings. The van der Waals surface area contributed by atoms with Gasteiger partial charge in [0, 0.05) is 35.1 Å². The van der Waals surface area contributed by atoms with E-state index < -0.39 is 5.95 Å². The van der Waals surface area contributed by atoms with Crippen molar-refractivity contribution in [3.8, 4) is 11.1 Å². The second kappa shape index (κ2) is 3.77. The Labute approximate surface area is 112 Å². The van der Waals surface area contributed by atoms with E-state index in [1.807, 2.05) is 6.07 Å². The quantitative estimate of drug-likeness (QED) is 0.553. The maximum absolute atomic E-state index is 13.6. The monoisotopic (exact) mass is 268 g/mol. The number of hydrogen-bond donors (Lipinski definition) is 2. The second-order valence-electron chi connectivity index (χ2n) is 4.42. The molecule has 7 heteroatoms. The molecule has 0 amide bonds. The van der Waals surface area contributed by atoms with Crippen molar-refractivity contribution in [1.29, 1.82) is 0 Å². The summed E-state index contributed by atoms with van der Waals surface area (Å²) in [5.74, 6) is -0.191. The molecule has 20 heavy (non-hydrogen) atoms. The molecule has 0 fully saturated rings. The summed E-state index contributed by atoms with van der Waals surface area (Å²) < 4.78 is 15.0. The fourth-order valence-corrected chi connectivity index (χ4v) is 2.27. The molecule has 0 radical (unpaired) electrons. The minimum Gasteiger partial charge on any atom is -0.368 e. The van der Waals surface area contributed by atoms with Gasteiger partial charge in [0.05, 0.1) is 6.20 Å². The number of nitrogens with one attached hydrogen (secondary N) is 1. The Bertz CT molecular complexity index is 938. The number of fused-ring (bicyclic) bond motifs is 2. The number of nitrogens with two attached hydrogens (primary N) is 1. The number of aromatic amines is 1. The lowest BCUT2D eigenvalue weighted by Crippen LogP contribution is -1.93. The lowest BCUT2D eigenvalue weighted by Gasteiger charge is -2.01. The minimum absolute atomic E-state index is 0.210. The summed E-state index contributed by atoms with van der Waals surface area (Å²) in [5, 5.41) is 0.832. The summed E-state index contributed by atoms with van der Waals surface area (Å²) in [6.45, 7) is 0. The number of halogens is 1. The van der Waals surface area contributed by atoms with Crippen LogP contribution in [0.3, 0.4) is 0 Å². The van der Waals surface area contributed by atoms with Gasteiger partial charge in [0.25, 0.3) is 0 Å². The van der Waals surface area contributed by atoms with E-state index in [0.29, 0.717) is 11.3 Å². The van der Waals surface area contributed by atoms with Crippen molar-refractivity contribution in [2.75, 3.05) is 5.73 Å². The highest BCUT2D eigenvalue weighted by Crippen LogP contribution is 2.27. The van der Waals surface area contributed by atoms with Gasteiger partial charge in [0.2, 0.25) is 11.9 Å². The number of pyridine rings is 1. The zero-order valence-electron chi connectivity index (χ0n) is 10.2. The van der Waals surface area contributed by atoms with E-state index >= 15 is 0 Å². The van der Waals surface area contributed by atoms with Crippen LogP contribution in [0.15, 0.2) is 36.9 Å². The van der Waals surface area contributed by atoms with E-state index in [2.05, 4.69) is 19.9 Å². The maximum atomic E-state index is 13.6. The average molecular weight is 268 g/mol. The molecule has 0 aliphatic heterocycles. The van der Waals surface area contributed by atoms with Crippen LogP contribution in [0.5, 0.6) is 0 Å². The predicted molar refractivity (Wildman–Crippen MR) is 72.4 cm³/mol. The molecule has 0 aromatic carbocycles. The summed E-state index contributed by atoms with van der Waals surface area (Å²) in [4.78, 5) is 15.1. The SMILES string of the molecule is Nc1ncc2c(-c3ccc4ncc(F)n4c3)c[nH]c2n1. The third-order valence-electron chi connectivity index (χ3n) is 3.22. The van der Waals surface area contributed by atoms with E-state index in [-0.39, 0.29) is 5.95 Å². The van der Waals surface area contributed by atoms with Crippen LogP contribution in [0.25, 0.3) is 27.8 Å². The van der Waals surface area contributed by atoms with Gasteiger partial charge in [-0.1, -0.05) is 0 Å². The van der Waals surface area contributed by atoms with E-state index in [0.717, 1.165) is 16.5 Å². The molecule has 4 heterocycles. The number of hydrogen-bond acceptors (Lipinski definition) is 4. The topological polar surface area (TPSA) is 84.9 Å². The molecule has 0 bridgehead atoms. The number of imidazole rings is 1. The summed E-state index contributed by atoms with van der Waals surface area (Å²) in [7, 11) is 0. The summed E-state index contributed by atoms with van der Waals surface area (Å²) in [6, 6.07) is 3.64. The number of H-pyrrole nitrogens is 1. The molecule has 4 rings (SSSR count). The van der Waals surface area contributed by atoms with Gasteiger partial charge in [0.15, 0.2) is 0 Å². The van der Waals surface area contributed by atoms with Crippen molar-refractivity contribution in [3.63, 3.8) is 0 Å². The number of nitrogen functional groups attached to an aromatic ring is 1. The molecule has 0 unspecified atom stereocenters. The van der Waals surface area contributed by atoms with Crippen molar-refractivity contribution < 1.29 is 4.39 Å². The smallest absolute Gasteiger partial charge is 0.221 e. The maximum Gasteiger partial charge on any atom is 0.221 e. The van der Waals surface area contributed by atoms with Crippen molar-refractivity contribution in [1.82, 2.24) is 24.3 Å². The Morgan fingerprint density at radius 3 is 3.00 bits per heavy atom. The molecule has 3 N–H and O–H groups in total. The van der Waals surface area contributed by atoms with Crippen LogP contribution in [0.4, 0.5) is 10.3 Å². The van der Waals surface area contributed by atoms with Crippen LogP contribution in [-0.4, -0.2) is 24.3 Å². The van der Waals surface area contributed by atoms with Gasteiger partial charge in [0.1, 0.15) is 11.3 Å². The number of nitrogens with zero attached hydrogens (tertiary/aromatic N) is 4. The fraction of sp³-hybridized carbons (Fsp3) is 0. The highest BCUT2D eigenvalue weighted by molar-refractivity contribution is 5.93. The molecule has 98 valence electrons. The molecule has 0 spiro atoms. The van der Waals surface area contributed by atoms with Crippen LogP contribution in [0, 0.1) is 5.95 Å². The van der Waals surface area contributed by atoms with Crippen LogP contribution in [0.2, 0.25) is 0 Å². The van der Waals surface area contributed by atoms with E-state index in [1.54, 1.807) is 24.7 Å². The van der Waals surface area contributed by atoms with Crippen LogP contribution >= 0.6 is 0 Å². The molecule has 0 atom stereocenters. The van der Waals surface area contributed by atoms with Crippen LogP contribution in [-0.2, 0) is 0 Å². The standard InChI is InChI=1S/C13H9FN6/c14-10-5-16-11-2-1-7(6-20(10)11)8-3-17-12-9(8)4-18-13(15)19-12/h1-6H,(H3,15,17,18,19). The van der Waals surface area contributed by atoms with Gasteiger partial charge in [-0.3, -0.25) is 4.40 Å². The zero-order chi connectivity index (χ0) is 13.7. The Morgan fingerprint density at radius 2 is 2.10 bits per heavy atom. The lowest BCUT2D eigenvalue weighted by molar-refractivity contribution is 0.573. The van der Waals surface area contributed by atoms with Crippen molar-refractivity contribution in [2.24, 2.45) is 0 Å². The first kappa shape index (κ1) is 10.9. The third kappa shape index (κ3) is 1.46. The molecular formula is C13H9FN6. The molecule has 6 nitrogen and oxygen atoms in total. The summed E-state index contributed by atoms with van der Waals surface area (Å²) in [5.41, 5.74) is 8.49. The molecular weight excluding hydrogens is 259 g/mol. The fourth-order valence-electron chi connectivity index (χ4n) is 2.27. The van der Waals surface area contributed by atoms with Crippen LogP contribution in [0.1, 0.15) is 0 Å².